The van der Waals surface area contributed by atoms with Crippen molar-refractivity contribution in [1.82, 2.24) is 5.32 Å². The third kappa shape index (κ3) is 5.07. The van der Waals surface area contributed by atoms with Gasteiger partial charge in [0.15, 0.2) is 0 Å². The molecule has 100 valence electrons. The molecular weight excluding hydrogens is 212 g/mol. The van der Waals surface area contributed by atoms with E-state index in [-0.39, 0.29) is 5.91 Å². The SMILES string of the molecule is CCCC(C)(N)C(=O)NC1CCCCCCC1. The van der Waals surface area contributed by atoms with Crippen LogP contribution in [0.25, 0.3) is 0 Å². The second kappa shape index (κ2) is 7.00. The number of nitrogens with one attached hydrogen (secondary N) is 1. The fourth-order valence-corrected chi connectivity index (χ4v) is 2.58. The van der Waals surface area contributed by atoms with Gasteiger partial charge < -0.3 is 11.1 Å². The van der Waals surface area contributed by atoms with Gasteiger partial charge >= 0.3 is 0 Å². The lowest BCUT2D eigenvalue weighted by atomic mass is 9.93. The monoisotopic (exact) mass is 240 g/mol. The molecule has 0 spiro atoms. The van der Waals surface area contributed by atoms with Gasteiger partial charge in [0, 0.05) is 6.04 Å². The fourth-order valence-electron chi connectivity index (χ4n) is 2.58. The van der Waals surface area contributed by atoms with Gasteiger partial charge in [-0.2, -0.15) is 0 Å². The summed E-state index contributed by atoms with van der Waals surface area (Å²) in [6, 6.07) is 0.350. The molecule has 1 amide bonds. The van der Waals surface area contributed by atoms with Crippen LogP contribution in [0.3, 0.4) is 0 Å². The van der Waals surface area contributed by atoms with Gasteiger partial charge in [0.1, 0.15) is 0 Å². The minimum Gasteiger partial charge on any atom is -0.352 e. The predicted octanol–water partition coefficient (Wildman–Crippen LogP) is 2.73. The van der Waals surface area contributed by atoms with Crippen molar-refractivity contribution in [1.29, 1.82) is 0 Å². The lowest BCUT2D eigenvalue weighted by molar-refractivity contribution is -0.126. The summed E-state index contributed by atoms with van der Waals surface area (Å²) >= 11 is 0. The summed E-state index contributed by atoms with van der Waals surface area (Å²) < 4.78 is 0. The molecule has 0 aliphatic heterocycles. The average Bonchev–Trinajstić information content (AvgIpc) is 2.21. The summed E-state index contributed by atoms with van der Waals surface area (Å²) in [7, 11) is 0. The zero-order chi connectivity index (χ0) is 12.7. The molecule has 0 aromatic rings. The third-order valence-electron chi connectivity index (χ3n) is 3.73. The fraction of sp³-hybridized carbons (Fsp3) is 0.929. The first kappa shape index (κ1) is 14.5. The van der Waals surface area contributed by atoms with E-state index >= 15 is 0 Å². The molecule has 17 heavy (non-hydrogen) atoms. The minimum atomic E-state index is -0.697. The van der Waals surface area contributed by atoms with E-state index in [9.17, 15) is 4.79 Å². The predicted molar refractivity (Wildman–Crippen MR) is 71.8 cm³/mol. The summed E-state index contributed by atoms with van der Waals surface area (Å²) in [5.41, 5.74) is 5.35. The molecule has 1 fully saturated rings. The van der Waals surface area contributed by atoms with E-state index in [0.29, 0.717) is 6.04 Å². The van der Waals surface area contributed by atoms with Crippen molar-refractivity contribution >= 4 is 5.91 Å². The Morgan fingerprint density at radius 3 is 2.29 bits per heavy atom. The van der Waals surface area contributed by atoms with E-state index < -0.39 is 5.54 Å². The van der Waals surface area contributed by atoms with E-state index in [2.05, 4.69) is 12.2 Å². The minimum absolute atomic E-state index is 0.0323. The molecule has 0 aromatic heterocycles. The molecule has 1 unspecified atom stereocenters. The van der Waals surface area contributed by atoms with Crippen molar-refractivity contribution in [3.8, 4) is 0 Å². The zero-order valence-electron chi connectivity index (χ0n) is 11.4. The molecule has 3 nitrogen and oxygen atoms in total. The number of carbonyl (C=O) groups excluding carboxylic acids is 1. The van der Waals surface area contributed by atoms with Crippen molar-refractivity contribution in [3.63, 3.8) is 0 Å². The van der Waals surface area contributed by atoms with Gasteiger partial charge in [0.25, 0.3) is 0 Å². The van der Waals surface area contributed by atoms with Crippen molar-refractivity contribution in [2.45, 2.75) is 83.2 Å². The van der Waals surface area contributed by atoms with Crippen molar-refractivity contribution in [2.24, 2.45) is 5.73 Å². The summed E-state index contributed by atoms with van der Waals surface area (Å²) in [4.78, 5) is 12.1. The maximum Gasteiger partial charge on any atom is 0.240 e. The van der Waals surface area contributed by atoms with Crippen molar-refractivity contribution in [2.75, 3.05) is 0 Å². The lowest BCUT2D eigenvalue weighted by Gasteiger charge is -2.28. The van der Waals surface area contributed by atoms with Crippen molar-refractivity contribution in [3.05, 3.63) is 0 Å². The van der Waals surface area contributed by atoms with Crippen LogP contribution in [-0.2, 0) is 4.79 Å². The summed E-state index contributed by atoms with van der Waals surface area (Å²) in [5.74, 6) is 0.0323. The van der Waals surface area contributed by atoms with E-state index in [4.69, 9.17) is 5.73 Å². The highest BCUT2D eigenvalue weighted by Gasteiger charge is 2.28. The molecule has 1 aliphatic rings. The first-order chi connectivity index (χ1) is 8.06. The number of hydrogen-bond donors (Lipinski definition) is 2. The molecule has 3 heteroatoms. The molecule has 1 rings (SSSR count). The first-order valence-corrected chi connectivity index (χ1v) is 7.16. The van der Waals surface area contributed by atoms with Crippen LogP contribution in [0.5, 0.6) is 0 Å². The molecule has 0 heterocycles. The normalized spacial score (nSPS) is 22.3. The highest BCUT2D eigenvalue weighted by Crippen LogP contribution is 2.18. The highest BCUT2D eigenvalue weighted by molar-refractivity contribution is 5.85. The highest BCUT2D eigenvalue weighted by atomic mass is 16.2. The van der Waals surface area contributed by atoms with Gasteiger partial charge in [-0.05, 0) is 26.2 Å². The van der Waals surface area contributed by atoms with Crippen LogP contribution >= 0.6 is 0 Å². The maximum absolute atomic E-state index is 12.1. The Labute approximate surface area is 106 Å². The molecule has 3 N–H and O–H groups in total. The number of hydrogen-bond acceptors (Lipinski definition) is 2. The molecule has 0 bridgehead atoms. The smallest absolute Gasteiger partial charge is 0.240 e. The van der Waals surface area contributed by atoms with Crippen LogP contribution in [0.1, 0.15) is 71.6 Å². The van der Waals surface area contributed by atoms with Gasteiger partial charge in [-0.25, -0.2) is 0 Å². The van der Waals surface area contributed by atoms with Gasteiger partial charge in [-0.3, -0.25) is 4.79 Å². The molecule has 0 radical (unpaired) electrons. The first-order valence-electron chi connectivity index (χ1n) is 7.16. The van der Waals surface area contributed by atoms with Crippen LogP contribution < -0.4 is 11.1 Å². The van der Waals surface area contributed by atoms with Crippen molar-refractivity contribution < 1.29 is 4.79 Å². The Bertz CT molecular complexity index is 230. The Kier molecular flexibility index (Phi) is 5.96. The van der Waals surface area contributed by atoms with E-state index in [1.165, 1.54) is 32.1 Å². The summed E-state index contributed by atoms with van der Waals surface area (Å²) in [6.45, 7) is 3.91. The van der Waals surface area contributed by atoms with E-state index in [1.54, 1.807) is 0 Å². The van der Waals surface area contributed by atoms with E-state index in [0.717, 1.165) is 25.7 Å². The van der Waals surface area contributed by atoms with Gasteiger partial charge in [0.05, 0.1) is 5.54 Å². The molecule has 1 saturated carbocycles. The second-order valence-corrected chi connectivity index (χ2v) is 5.68. The summed E-state index contributed by atoms with van der Waals surface area (Å²) in [5, 5.41) is 3.15. The molecule has 0 aromatic carbocycles. The zero-order valence-corrected chi connectivity index (χ0v) is 11.4. The van der Waals surface area contributed by atoms with Gasteiger partial charge in [0.2, 0.25) is 5.91 Å². The molecular formula is C14H28N2O. The van der Waals surface area contributed by atoms with Crippen LogP contribution in [0, 0.1) is 0 Å². The Hall–Kier alpha value is -0.570. The van der Waals surface area contributed by atoms with E-state index in [1.807, 2.05) is 6.92 Å². The molecule has 1 atom stereocenters. The van der Waals surface area contributed by atoms with Crippen LogP contribution in [0.2, 0.25) is 0 Å². The number of amides is 1. The maximum atomic E-state index is 12.1. The van der Waals surface area contributed by atoms with Crippen LogP contribution in [-0.4, -0.2) is 17.5 Å². The third-order valence-corrected chi connectivity index (χ3v) is 3.73. The Morgan fingerprint density at radius 2 is 1.76 bits per heavy atom. The standard InChI is InChI=1S/C14H28N2O/c1-3-11-14(2,15)13(17)16-12-9-7-5-4-6-8-10-12/h12H,3-11,15H2,1-2H3,(H,16,17). The largest absolute Gasteiger partial charge is 0.352 e. The van der Waals surface area contributed by atoms with Gasteiger partial charge in [-0.1, -0.05) is 45.4 Å². The Balaban J connectivity index is 2.42. The molecule has 1 aliphatic carbocycles. The Morgan fingerprint density at radius 1 is 1.24 bits per heavy atom. The summed E-state index contributed by atoms with van der Waals surface area (Å²) in [6.07, 6.45) is 10.4. The average molecular weight is 240 g/mol. The van der Waals surface area contributed by atoms with Gasteiger partial charge in [-0.15, -0.1) is 0 Å². The number of carbonyl (C=O) groups is 1. The van der Waals surface area contributed by atoms with Crippen LogP contribution in [0.4, 0.5) is 0 Å². The second-order valence-electron chi connectivity index (χ2n) is 5.68. The van der Waals surface area contributed by atoms with Crippen LogP contribution in [0.15, 0.2) is 0 Å². The molecule has 0 saturated heterocycles. The lowest BCUT2D eigenvalue weighted by Crippen LogP contribution is -2.54. The number of nitrogens with two attached hydrogens (primary N) is 1. The quantitative estimate of drug-likeness (QED) is 0.794. The number of rotatable bonds is 4. The topological polar surface area (TPSA) is 55.1 Å².